The maximum absolute atomic E-state index is 9.00. The largest absolute Gasteiger partial charge is 0.368 e. The molecule has 0 amide bonds. The molecule has 0 bridgehead atoms. The molecule has 0 aliphatic rings. The first-order valence-electron chi connectivity index (χ1n) is 4.58. The van der Waals surface area contributed by atoms with Crippen molar-refractivity contribution in [3.05, 3.63) is 12.2 Å². The van der Waals surface area contributed by atoms with Gasteiger partial charge in [-0.1, -0.05) is 25.3 Å². The number of hydrogen-bond donors (Lipinski definition) is 2. The Kier molecular flexibility index (Phi) is 6.03. The summed E-state index contributed by atoms with van der Waals surface area (Å²) in [5, 5.41) is 18.0. The van der Waals surface area contributed by atoms with Crippen LogP contribution in [0.1, 0.15) is 39.5 Å². The minimum Gasteiger partial charge on any atom is -0.368 e. The Morgan fingerprint density at radius 3 is 2.33 bits per heavy atom. The number of rotatable bonds is 6. The summed E-state index contributed by atoms with van der Waals surface area (Å²) in [6.07, 6.45) is 2.56. The molecule has 0 aromatic rings. The molecule has 2 N–H and O–H groups in total. The van der Waals surface area contributed by atoms with Crippen molar-refractivity contribution in [3.8, 4) is 0 Å². The first kappa shape index (κ1) is 11.7. The lowest BCUT2D eigenvalue weighted by atomic mass is 9.95. The Morgan fingerprint density at radius 1 is 1.42 bits per heavy atom. The molecular weight excluding hydrogens is 152 g/mol. The maximum atomic E-state index is 9.00. The zero-order valence-electron chi connectivity index (χ0n) is 8.08. The normalized spacial score (nSPS) is 13.4. The van der Waals surface area contributed by atoms with E-state index in [9.17, 15) is 0 Å². The summed E-state index contributed by atoms with van der Waals surface area (Å²) < 4.78 is 0. The van der Waals surface area contributed by atoms with E-state index in [2.05, 4.69) is 13.5 Å². The smallest absolute Gasteiger partial charge is 0.154 e. The van der Waals surface area contributed by atoms with Gasteiger partial charge in [-0.15, -0.1) is 6.58 Å². The predicted molar refractivity (Wildman–Crippen MR) is 50.7 cm³/mol. The standard InChI is InChI=1S/C10H20O2/c1-4-5-6-9(10(11)12)7-8(2)3/h9-12H,2,4-7H2,1,3H3. The molecule has 0 spiro atoms. The van der Waals surface area contributed by atoms with Gasteiger partial charge in [-0.3, -0.25) is 0 Å². The summed E-state index contributed by atoms with van der Waals surface area (Å²) in [6.45, 7) is 7.78. The van der Waals surface area contributed by atoms with Crippen LogP contribution in [0.3, 0.4) is 0 Å². The quantitative estimate of drug-likeness (QED) is 0.475. The fourth-order valence-electron chi connectivity index (χ4n) is 1.27. The van der Waals surface area contributed by atoms with Crippen LogP contribution in [0, 0.1) is 5.92 Å². The molecule has 0 aromatic carbocycles. The van der Waals surface area contributed by atoms with Gasteiger partial charge in [0.1, 0.15) is 0 Å². The van der Waals surface area contributed by atoms with Crippen molar-refractivity contribution >= 4 is 0 Å². The molecule has 0 saturated carbocycles. The van der Waals surface area contributed by atoms with E-state index >= 15 is 0 Å². The van der Waals surface area contributed by atoms with Crippen LogP contribution in [-0.2, 0) is 0 Å². The lowest BCUT2D eigenvalue weighted by Gasteiger charge is -2.18. The van der Waals surface area contributed by atoms with Crippen LogP contribution in [0.2, 0.25) is 0 Å². The van der Waals surface area contributed by atoms with Gasteiger partial charge in [0.2, 0.25) is 0 Å². The molecule has 12 heavy (non-hydrogen) atoms. The van der Waals surface area contributed by atoms with Gasteiger partial charge < -0.3 is 10.2 Å². The van der Waals surface area contributed by atoms with Gasteiger partial charge in [-0.05, 0) is 19.8 Å². The Bertz CT molecular complexity index is 130. The highest BCUT2D eigenvalue weighted by Gasteiger charge is 2.15. The second-order valence-corrected chi connectivity index (χ2v) is 3.48. The SMILES string of the molecule is C=C(C)CC(CCCC)C(O)O. The van der Waals surface area contributed by atoms with Crippen molar-refractivity contribution in [2.45, 2.75) is 45.8 Å². The van der Waals surface area contributed by atoms with Crippen LogP contribution in [0.25, 0.3) is 0 Å². The molecule has 0 aromatic heterocycles. The third kappa shape index (κ3) is 5.33. The van der Waals surface area contributed by atoms with E-state index in [0.717, 1.165) is 31.3 Å². The fourth-order valence-corrected chi connectivity index (χ4v) is 1.27. The topological polar surface area (TPSA) is 40.5 Å². The molecule has 2 heteroatoms. The van der Waals surface area contributed by atoms with Crippen molar-refractivity contribution in [1.82, 2.24) is 0 Å². The summed E-state index contributed by atoms with van der Waals surface area (Å²) in [6, 6.07) is 0. The Labute approximate surface area is 74.9 Å². The van der Waals surface area contributed by atoms with Gasteiger partial charge in [0.15, 0.2) is 6.29 Å². The highest BCUT2D eigenvalue weighted by Crippen LogP contribution is 2.19. The van der Waals surface area contributed by atoms with Gasteiger partial charge in [0.05, 0.1) is 0 Å². The maximum Gasteiger partial charge on any atom is 0.154 e. The van der Waals surface area contributed by atoms with Crippen molar-refractivity contribution < 1.29 is 10.2 Å². The molecule has 0 fully saturated rings. The Balaban J connectivity index is 3.78. The van der Waals surface area contributed by atoms with Crippen LogP contribution >= 0.6 is 0 Å². The summed E-state index contributed by atoms with van der Waals surface area (Å²) in [5.41, 5.74) is 1.02. The minimum atomic E-state index is -1.19. The average molecular weight is 172 g/mol. The van der Waals surface area contributed by atoms with Crippen LogP contribution < -0.4 is 0 Å². The molecule has 1 unspecified atom stereocenters. The van der Waals surface area contributed by atoms with Crippen LogP contribution in [0.15, 0.2) is 12.2 Å². The fraction of sp³-hybridized carbons (Fsp3) is 0.800. The number of unbranched alkanes of at least 4 members (excludes halogenated alkanes) is 1. The van der Waals surface area contributed by atoms with Crippen molar-refractivity contribution in [2.75, 3.05) is 0 Å². The number of aliphatic hydroxyl groups is 2. The van der Waals surface area contributed by atoms with Gasteiger partial charge in [0, 0.05) is 5.92 Å². The highest BCUT2D eigenvalue weighted by atomic mass is 16.5. The van der Waals surface area contributed by atoms with E-state index in [4.69, 9.17) is 10.2 Å². The van der Waals surface area contributed by atoms with E-state index in [1.807, 2.05) is 6.92 Å². The Hall–Kier alpha value is -0.340. The van der Waals surface area contributed by atoms with Crippen molar-refractivity contribution in [1.29, 1.82) is 0 Å². The van der Waals surface area contributed by atoms with Crippen LogP contribution in [0.4, 0.5) is 0 Å². The molecule has 0 saturated heterocycles. The second kappa shape index (κ2) is 6.21. The van der Waals surface area contributed by atoms with Crippen LogP contribution in [-0.4, -0.2) is 16.5 Å². The van der Waals surface area contributed by atoms with E-state index in [0.29, 0.717) is 0 Å². The van der Waals surface area contributed by atoms with Crippen LogP contribution in [0.5, 0.6) is 0 Å². The first-order chi connectivity index (χ1) is 5.57. The van der Waals surface area contributed by atoms with Crippen molar-refractivity contribution in [3.63, 3.8) is 0 Å². The van der Waals surface area contributed by atoms with E-state index < -0.39 is 6.29 Å². The van der Waals surface area contributed by atoms with E-state index in [1.165, 1.54) is 0 Å². The summed E-state index contributed by atoms with van der Waals surface area (Å²) in [7, 11) is 0. The molecule has 72 valence electrons. The summed E-state index contributed by atoms with van der Waals surface area (Å²) >= 11 is 0. The summed E-state index contributed by atoms with van der Waals surface area (Å²) in [5.74, 6) is -0.0255. The van der Waals surface area contributed by atoms with E-state index in [-0.39, 0.29) is 5.92 Å². The zero-order valence-corrected chi connectivity index (χ0v) is 8.08. The third-order valence-corrected chi connectivity index (χ3v) is 1.96. The molecule has 2 nitrogen and oxygen atoms in total. The number of aliphatic hydroxyl groups excluding tert-OH is 1. The lowest BCUT2D eigenvalue weighted by Crippen LogP contribution is -2.19. The first-order valence-corrected chi connectivity index (χ1v) is 4.58. The van der Waals surface area contributed by atoms with Gasteiger partial charge in [-0.25, -0.2) is 0 Å². The highest BCUT2D eigenvalue weighted by molar-refractivity contribution is 4.90. The lowest BCUT2D eigenvalue weighted by molar-refractivity contribution is -0.0859. The molecule has 0 aliphatic carbocycles. The molecule has 0 rings (SSSR count). The third-order valence-electron chi connectivity index (χ3n) is 1.96. The predicted octanol–water partition coefficient (Wildman–Crippen LogP) is 2.07. The average Bonchev–Trinajstić information content (AvgIpc) is 1.96. The zero-order chi connectivity index (χ0) is 9.56. The molecule has 1 atom stereocenters. The molecular formula is C10H20O2. The van der Waals surface area contributed by atoms with Gasteiger partial charge >= 0.3 is 0 Å². The molecule has 0 aliphatic heterocycles. The molecule has 0 heterocycles. The second-order valence-electron chi connectivity index (χ2n) is 3.48. The minimum absolute atomic E-state index is 0.0255. The van der Waals surface area contributed by atoms with Gasteiger partial charge in [0.25, 0.3) is 0 Å². The Morgan fingerprint density at radius 2 is 2.00 bits per heavy atom. The monoisotopic (exact) mass is 172 g/mol. The molecule has 0 radical (unpaired) electrons. The van der Waals surface area contributed by atoms with Crippen molar-refractivity contribution in [2.24, 2.45) is 5.92 Å². The number of allylic oxidation sites excluding steroid dienone is 1. The summed E-state index contributed by atoms with van der Waals surface area (Å²) in [4.78, 5) is 0. The van der Waals surface area contributed by atoms with Gasteiger partial charge in [-0.2, -0.15) is 0 Å². The number of hydrogen-bond acceptors (Lipinski definition) is 2. The van der Waals surface area contributed by atoms with E-state index in [1.54, 1.807) is 0 Å².